The quantitative estimate of drug-likeness (QED) is 0.911. The van der Waals surface area contributed by atoms with E-state index in [4.69, 9.17) is 0 Å². The van der Waals surface area contributed by atoms with Crippen LogP contribution in [-0.2, 0) is 6.42 Å². The molecule has 1 aliphatic heterocycles. The van der Waals surface area contributed by atoms with Crippen molar-refractivity contribution >= 4 is 17.2 Å². The van der Waals surface area contributed by atoms with Gasteiger partial charge in [-0.2, -0.15) is 0 Å². The first-order valence-electron chi connectivity index (χ1n) is 6.68. The van der Waals surface area contributed by atoms with Crippen molar-refractivity contribution in [3.8, 4) is 0 Å². The van der Waals surface area contributed by atoms with E-state index < -0.39 is 0 Å². The standard InChI is InChI=1S/C14H22N2OS/c1-4-12-10(2)18-9-13(12)14(17)15-11-5-7-16(3)8-6-11/h9,11H,4-8H2,1-3H3,(H,15,17). The van der Waals surface area contributed by atoms with Gasteiger partial charge in [0.25, 0.3) is 5.91 Å². The zero-order valence-electron chi connectivity index (χ0n) is 11.5. The fourth-order valence-corrected chi connectivity index (χ4v) is 3.47. The highest BCUT2D eigenvalue weighted by molar-refractivity contribution is 7.10. The number of amides is 1. The summed E-state index contributed by atoms with van der Waals surface area (Å²) in [6.07, 6.45) is 3.06. The third-order valence-corrected chi connectivity index (χ3v) is 4.71. The summed E-state index contributed by atoms with van der Waals surface area (Å²) in [5.41, 5.74) is 2.10. The molecule has 4 heteroatoms. The van der Waals surface area contributed by atoms with Crippen LogP contribution in [0.1, 0.15) is 40.6 Å². The lowest BCUT2D eigenvalue weighted by molar-refractivity contribution is 0.0916. The van der Waals surface area contributed by atoms with Gasteiger partial charge >= 0.3 is 0 Å². The second-order valence-corrected chi connectivity index (χ2v) is 6.17. The Morgan fingerprint density at radius 1 is 1.50 bits per heavy atom. The summed E-state index contributed by atoms with van der Waals surface area (Å²) in [5.74, 6) is 0.116. The van der Waals surface area contributed by atoms with Crippen molar-refractivity contribution in [3.05, 3.63) is 21.4 Å². The Balaban J connectivity index is 1.99. The molecule has 0 aliphatic carbocycles. The van der Waals surface area contributed by atoms with Gasteiger partial charge in [-0.15, -0.1) is 11.3 Å². The molecule has 3 nitrogen and oxygen atoms in total. The summed E-state index contributed by atoms with van der Waals surface area (Å²) in [6, 6.07) is 0.346. The van der Waals surface area contributed by atoms with E-state index in [2.05, 4.69) is 31.1 Å². The first-order valence-corrected chi connectivity index (χ1v) is 7.56. The van der Waals surface area contributed by atoms with E-state index in [0.717, 1.165) is 37.9 Å². The van der Waals surface area contributed by atoms with Gasteiger partial charge in [0.05, 0.1) is 5.56 Å². The normalized spacial score (nSPS) is 17.9. The molecular formula is C14H22N2OS. The topological polar surface area (TPSA) is 32.3 Å². The lowest BCUT2D eigenvalue weighted by atomic mass is 10.0. The van der Waals surface area contributed by atoms with Crippen LogP contribution in [0.4, 0.5) is 0 Å². The van der Waals surface area contributed by atoms with Crippen molar-refractivity contribution in [2.24, 2.45) is 0 Å². The number of thiophene rings is 1. The molecule has 0 unspecified atom stereocenters. The Morgan fingerprint density at radius 2 is 2.17 bits per heavy atom. The van der Waals surface area contributed by atoms with Gasteiger partial charge < -0.3 is 10.2 Å². The predicted molar refractivity (Wildman–Crippen MR) is 76.4 cm³/mol. The smallest absolute Gasteiger partial charge is 0.252 e. The fourth-order valence-electron chi connectivity index (χ4n) is 2.53. The molecule has 2 rings (SSSR count). The van der Waals surface area contributed by atoms with E-state index in [1.54, 1.807) is 11.3 Å². The predicted octanol–water partition coefficient (Wildman–Crippen LogP) is 2.44. The van der Waals surface area contributed by atoms with Gasteiger partial charge in [-0.3, -0.25) is 4.79 Å². The Labute approximate surface area is 113 Å². The van der Waals surface area contributed by atoms with E-state index in [0.29, 0.717) is 6.04 Å². The average molecular weight is 266 g/mol. The third-order valence-electron chi connectivity index (χ3n) is 3.76. The van der Waals surface area contributed by atoms with Crippen LogP contribution in [0.3, 0.4) is 0 Å². The van der Waals surface area contributed by atoms with E-state index in [1.165, 1.54) is 10.4 Å². The molecule has 1 saturated heterocycles. The molecule has 100 valence electrons. The van der Waals surface area contributed by atoms with Crippen molar-refractivity contribution in [3.63, 3.8) is 0 Å². The van der Waals surface area contributed by atoms with Crippen LogP contribution in [-0.4, -0.2) is 37.0 Å². The molecule has 1 aromatic heterocycles. The van der Waals surface area contributed by atoms with Crippen LogP contribution in [0.15, 0.2) is 5.38 Å². The van der Waals surface area contributed by atoms with Gasteiger partial charge in [-0.05, 0) is 51.9 Å². The minimum absolute atomic E-state index is 0.116. The number of hydrogen-bond acceptors (Lipinski definition) is 3. The average Bonchev–Trinajstić information content (AvgIpc) is 2.73. The maximum atomic E-state index is 12.3. The Bertz CT molecular complexity index is 419. The van der Waals surface area contributed by atoms with E-state index in [1.807, 2.05) is 5.38 Å². The van der Waals surface area contributed by atoms with E-state index in [-0.39, 0.29) is 5.91 Å². The number of aryl methyl sites for hydroxylation is 1. The Kier molecular flexibility index (Phi) is 4.40. The summed E-state index contributed by atoms with van der Waals surface area (Å²) in [5, 5.41) is 5.18. The number of nitrogens with one attached hydrogen (secondary N) is 1. The molecule has 0 atom stereocenters. The lowest BCUT2D eigenvalue weighted by Gasteiger charge is -2.29. The number of carbonyl (C=O) groups excluding carboxylic acids is 1. The second-order valence-electron chi connectivity index (χ2n) is 5.09. The zero-order valence-corrected chi connectivity index (χ0v) is 12.3. The van der Waals surface area contributed by atoms with Gasteiger partial charge in [0.15, 0.2) is 0 Å². The summed E-state index contributed by atoms with van der Waals surface area (Å²) in [6.45, 7) is 6.36. The van der Waals surface area contributed by atoms with Crippen LogP contribution in [0.5, 0.6) is 0 Å². The van der Waals surface area contributed by atoms with Crippen LogP contribution < -0.4 is 5.32 Å². The zero-order chi connectivity index (χ0) is 13.1. The number of hydrogen-bond donors (Lipinski definition) is 1. The van der Waals surface area contributed by atoms with Crippen molar-refractivity contribution in [2.45, 2.75) is 39.2 Å². The SMILES string of the molecule is CCc1c(C(=O)NC2CCN(C)CC2)csc1C. The minimum atomic E-state index is 0.116. The van der Waals surface area contributed by atoms with Crippen molar-refractivity contribution in [1.82, 2.24) is 10.2 Å². The highest BCUT2D eigenvalue weighted by Gasteiger charge is 2.21. The second kappa shape index (κ2) is 5.85. The fraction of sp³-hybridized carbons (Fsp3) is 0.643. The molecule has 1 amide bonds. The molecule has 1 fully saturated rings. The summed E-state index contributed by atoms with van der Waals surface area (Å²) >= 11 is 1.68. The van der Waals surface area contributed by atoms with E-state index in [9.17, 15) is 4.79 Å². The van der Waals surface area contributed by atoms with Gasteiger partial charge in [0.1, 0.15) is 0 Å². The van der Waals surface area contributed by atoms with Crippen LogP contribution in [0, 0.1) is 6.92 Å². The first-order chi connectivity index (χ1) is 8.61. The van der Waals surface area contributed by atoms with Gasteiger partial charge in [0, 0.05) is 16.3 Å². The molecule has 1 aromatic rings. The molecule has 0 spiro atoms. The first kappa shape index (κ1) is 13.6. The maximum Gasteiger partial charge on any atom is 0.252 e. The Hall–Kier alpha value is -0.870. The monoisotopic (exact) mass is 266 g/mol. The number of nitrogens with zero attached hydrogens (tertiary/aromatic N) is 1. The molecule has 1 N–H and O–H groups in total. The molecular weight excluding hydrogens is 244 g/mol. The van der Waals surface area contributed by atoms with Crippen LogP contribution in [0.2, 0.25) is 0 Å². The third kappa shape index (κ3) is 2.93. The van der Waals surface area contributed by atoms with Crippen molar-refractivity contribution < 1.29 is 4.79 Å². The van der Waals surface area contributed by atoms with E-state index >= 15 is 0 Å². The molecule has 18 heavy (non-hydrogen) atoms. The van der Waals surface area contributed by atoms with Crippen molar-refractivity contribution in [2.75, 3.05) is 20.1 Å². The largest absolute Gasteiger partial charge is 0.349 e. The highest BCUT2D eigenvalue weighted by Crippen LogP contribution is 2.22. The van der Waals surface area contributed by atoms with Gasteiger partial charge in [-0.1, -0.05) is 6.92 Å². The van der Waals surface area contributed by atoms with Gasteiger partial charge in [0.2, 0.25) is 0 Å². The molecule has 0 bridgehead atoms. The molecule has 0 radical (unpaired) electrons. The summed E-state index contributed by atoms with van der Waals surface area (Å²) < 4.78 is 0. The van der Waals surface area contributed by atoms with Crippen molar-refractivity contribution in [1.29, 1.82) is 0 Å². The van der Waals surface area contributed by atoms with Gasteiger partial charge in [-0.25, -0.2) is 0 Å². The highest BCUT2D eigenvalue weighted by atomic mass is 32.1. The number of likely N-dealkylation sites (tertiary alicyclic amines) is 1. The molecule has 2 heterocycles. The number of piperidine rings is 1. The molecule has 0 aromatic carbocycles. The van der Waals surface area contributed by atoms with Crippen LogP contribution in [0.25, 0.3) is 0 Å². The lowest BCUT2D eigenvalue weighted by Crippen LogP contribution is -2.43. The van der Waals surface area contributed by atoms with Crippen LogP contribution >= 0.6 is 11.3 Å². The Morgan fingerprint density at radius 3 is 2.78 bits per heavy atom. The molecule has 0 saturated carbocycles. The maximum absolute atomic E-state index is 12.3. The summed E-state index contributed by atoms with van der Waals surface area (Å²) in [4.78, 5) is 15.9. The number of carbonyl (C=O) groups is 1. The molecule has 1 aliphatic rings. The summed E-state index contributed by atoms with van der Waals surface area (Å²) in [7, 11) is 2.13. The minimum Gasteiger partial charge on any atom is -0.349 e. The number of rotatable bonds is 3.